The lowest BCUT2D eigenvalue weighted by molar-refractivity contribution is 0.183. The average molecular weight is 206 g/mol. The van der Waals surface area contributed by atoms with E-state index < -0.39 is 0 Å². The van der Waals surface area contributed by atoms with E-state index >= 15 is 0 Å². The van der Waals surface area contributed by atoms with E-state index in [1.807, 2.05) is 0 Å². The molecule has 1 aliphatic heterocycles. The minimum Gasteiger partial charge on any atom is -0.381 e. The fourth-order valence-electron chi connectivity index (χ4n) is 3.71. The summed E-state index contributed by atoms with van der Waals surface area (Å²) >= 11 is 0. The van der Waals surface area contributed by atoms with E-state index in [0.717, 1.165) is 36.9 Å². The Balaban J connectivity index is 1.38. The summed E-state index contributed by atoms with van der Waals surface area (Å²) in [7, 11) is 0. The minimum absolute atomic E-state index is 0.888. The molecule has 0 aromatic carbocycles. The molecule has 1 saturated carbocycles. The number of ether oxygens (including phenoxy) is 1. The first-order valence-electron chi connectivity index (χ1n) is 6.68. The van der Waals surface area contributed by atoms with Gasteiger partial charge in [-0.1, -0.05) is 18.6 Å². The molecule has 0 spiro atoms. The lowest BCUT2D eigenvalue weighted by atomic mass is 9.87. The van der Waals surface area contributed by atoms with Gasteiger partial charge in [0.1, 0.15) is 0 Å². The van der Waals surface area contributed by atoms with E-state index in [1.54, 1.807) is 0 Å². The molecule has 0 N–H and O–H groups in total. The average Bonchev–Trinajstić information content (AvgIpc) is 2.93. The number of rotatable bonds is 4. The predicted octanol–water partition coefficient (Wildman–Crippen LogP) is 3.41. The highest BCUT2D eigenvalue weighted by atomic mass is 16.5. The highest BCUT2D eigenvalue weighted by molar-refractivity contribution is 5.09. The quantitative estimate of drug-likeness (QED) is 0.640. The van der Waals surface area contributed by atoms with Gasteiger partial charge in [-0.25, -0.2) is 0 Å². The first-order chi connectivity index (χ1) is 7.42. The predicted molar refractivity (Wildman–Crippen MR) is 61.6 cm³/mol. The van der Waals surface area contributed by atoms with E-state index in [0.29, 0.717) is 0 Å². The van der Waals surface area contributed by atoms with Crippen LogP contribution >= 0.6 is 0 Å². The van der Waals surface area contributed by atoms with Crippen LogP contribution in [0.3, 0.4) is 0 Å². The van der Waals surface area contributed by atoms with Crippen LogP contribution in [0.25, 0.3) is 0 Å². The molecule has 1 heteroatoms. The molecule has 4 atom stereocenters. The number of fused-ring (bicyclic) bond motifs is 2. The molecule has 0 aromatic rings. The third kappa shape index (κ3) is 2.13. The van der Waals surface area contributed by atoms with E-state index in [4.69, 9.17) is 4.74 Å². The molecular weight excluding hydrogens is 184 g/mol. The first-order valence-corrected chi connectivity index (χ1v) is 6.68. The molecule has 1 nitrogen and oxygen atoms in total. The monoisotopic (exact) mass is 206 g/mol. The zero-order valence-corrected chi connectivity index (χ0v) is 9.53. The molecule has 84 valence electrons. The van der Waals surface area contributed by atoms with Crippen LogP contribution in [0.4, 0.5) is 0 Å². The van der Waals surface area contributed by atoms with Crippen molar-refractivity contribution in [1.82, 2.24) is 0 Å². The van der Waals surface area contributed by atoms with Crippen molar-refractivity contribution < 1.29 is 4.74 Å². The number of allylic oxidation sites excluding steroid dienone is 2. The second kappa shape index (κ2) is 4.29. The van der Waals surface area contributed by atoms with Crippen molar-refractivity contribution in [2.75, 3.05) is 13.2 Å². The van der Waals surface area contributed by atoms with Gasteiger partial charge in [0.15, 0.2) is 0 Å². The highest BCUT2D eigenvalue weighted by Gasteiger charge is 2.34. The molecule has 3 aliphatic rings. The summed E-state index contributed by atoms with van der Waals surface area (Å²) in [6.07, 6.45) is 13.5. The maximum Gasteiger partial charge on any atom is 0.0495 e. The Kier molecular flexibility index (Phi) is 2.83. The number of hydrogen-bond acceptors (Lipinski definition) is 1. The molecule has 0 aromatic heterocycles. The van der Waals surface area contributed by atoms with Gasteiger partial charge >= 0.3 is 0 Å². The summed E-state index contributed by atoms with van der Waals surface area (Å²) in [6, 6.07) is 0. The summed E-state index contributed by atoms with van der Waals surface area (Å²) in [5.41, 5.74) is 0. The van der Waals surface area contributed by atoms with E-state index in [1.165, 1.54) is 38.5 Å². The van der Waals surface area contributed by atoms with Crippen molar-refractivity contribution in [1.29, 1.82) is 0 Å². The van der Waals surface area contributed by atoms with E-state index in [2.05, 4.69) is 12.2 Å². The van der Waals surface area contributed by atoms with Crippen molar-refractivity contribution in [3.05, 3.63) is 12.2 Å². The molecule has 1 heterocycles. The van der Waals surface area contributed by atoms with Crippen LogP contribution in [-0.2, 0) is 4.74 Å². The van der Waals surface area contributed by atoms with Gasteiger partial charge in [0, 0.05) is 13.2 Å². The van der Waals surface area contributed by atoms with Gasteiger partial charge in [-0.05, 0) is 55.8 Å². The van der Waals surface area contributed by atoms with Crippen LogP contribution in [0.2, 0.25) is 0 Å². The fraction of sp³-hybridized carbons (Fsp3) is 0.857. The van der Waals surface area contributed by atoms with Crippen molar-refractivity contribution in [3.63, 3.8) is 0 Å². The largest absolute Gasteiger partial charge is 0.381 e. The lowest BCUT2D eigenvalue weighted by Gasteiger charge is -2.18. The number of hydrogen-bond donors (Lipinski definition) is 0. The molecule has 0 radical (unpaired) electrons. The van der Waals surface area contributed by atoms with E-state index in [-0.39, 0.29) is 0 Å². The summed E-state index contributed by atoms with van der Waals surface area (Å²) in [6.45, 7) is 2.05. The third-order valence-corrected chi connectivity index (χ3v) is 4.63. The SMILES string of the molecule is C1=CC2CC1CC2CCCC1CCOC1. The molecule has 1 saturated heterocycles. The Hall–Kier alpha value is -0.300. The van der Waals surface area contributed by atoms with Gasteiger partial charge in [0.2, 0.25) is 0 Å². The van der Waals surface area contributed by atoms with Gasteiger partial charge < -0.3 is 4.74 Å². The Bertz CT molecular complexity index is 240. The van der Waals surface area contributed by atoms with E-state index in [9.17, 15) is 0 Å². The van der Waals surface area contributed by atoms with Crippen molar-refractivity contribution in [3.8, 4) is 0 Å². The van der Waals surface area contributed by atoms with Crippen LogP contribution in [0.15, 0.2) is 12.2 Å². The molecule has 2 bridgehead atoms. The molecule has 4 unspecified atom stereocenters. The van der Waals surface area contributed by atoms with Crippen LogP contribution in [-0.4, -0.2) is 13.2 Å². The summed E-state index contributed by atoms with van der Waals surface area (Å²) in [4.78, 5) is 0. The third-order valence-electron chi connectivity index (χ3n) is 4.63. The van der Waals surface area contributed by atoms with Gasteiger partial charge in [0.05, 0.1) is 0 Å². The Morgan fingerprint density at radius 2 is 2.13 bits per heavy atom. The van der Waals surface area contributed by atoms with Gasteiger partial charge in [-0.3, -0.25) is 0 Å². The smallest absolute Gasteiger partial charge is 0.0495 e. The Labute approximate surface area is 92.9 Å². The molecule has 15 heavy (non-hydrogen) atoms. The Morgan fingerprint density at radius 1 is 1.13 bits per heavy atom. The van der Waals surface area contributed by atoms with Crippen molar-refractivity contribution in [2.24, 2.45) is 23.7 Å². The Morgan fingerprint density at radius 3 is 2.80 bits per heavy atom. The zero-order valence-electron chi connectivity index (χ0n) is 9.53. The summed E-state index contributed by atoms with van der Waals surface area (Å²) in [5, 5.41) is 0. The molecule has 2 aliphatic carbocycles. The first kappa shape index (κ1) is 9.89. The van der Waals surface area contributed by atoms with Crippen LogP contribution in [0.5, 0.6) is 0 Å². The molecule has 3 rings (SSSR count). The summed E-state index contributed by atoms with van der Waals surface area (Å²) in [5.74, 6) is 3.83. The highest BCUT2D eigenvalue weighted by Crippen LogP contribution is 2.45. The van der Waals surface area contributed by atoms with Gasteiger partial charge in [-0.15, -0.1) is 0 Å². The van der Waals surface area contributed by atoms with Crippen molar-refractivity contribution in [2.45, 2.75) is 38.5 Å². The topological polar surface area (TPSA) is 9.23 Å². The van der Waals surface area contributed by atoms with Gasteiger partial charge in [0.25, 0.3) is 0 Å². The van der Waals surface area contributed by atoms with Crippen LogP contribution in [0, 0.1) is 23.7 Å². The van der Waals surface area contributed by atoms with Crippen molar-refractivity contribution >= 4 is 0 Å². The maximum absolute atomic E-state index is 5.42. The maximum atomic E-state index is 5.42. The summed E-state index contributed by atoms with van der Waals surface area (Å²) < 4.78 is 5.42. The second-order valence-electron chi connectivity index (χ2n) is 5.70. The molecule has 0 amide bonds. The standard InChI is InChI=1S/C14H22O/c1(2-11-6-7-15-10-11)3-13-8-12-4-5-14(13)9-12/h4-5,11-14H,1-3,6-10H2. The zero-order chi connectivity index (χ0) is 10.1. The van der Waals surface area contributed by atoms with Crippen LogP contribution in [0.1, 0.15) is 38.5 Å². The lowest BCUT2D eigenvalue weighted by Crippen LogP contribution is -2.08. The van der Waals surface area contributed by atoms with Crippen LogP contribution < -0.4 is 0 Å². The second-order valence-corrected chi connectivity index (χ2v) is 5.70. The van der Waals surface area contributed by atoms with Gasteiger partial charge in [-0.2, -0.15) is 0 Å². The molecular formula is C14H22O. The minimum atomic E-state index is 0.888. The normalized spacial score (nSPS) is 42.9. The fourth-order valence-corrected chi connectivity index (χ4v) is 3.71. The molecule has 2 fully saturated rings.